The highest BCUT2D eigenvalue weighted by Gasteiger charge is 2.55. The van der Waals surface area contributed by atoms with Crippen molar-refractivity contribution in [3.05, 3.63) is 124 Å². The number of nitrogens with two attached hydrogens (primary N) is 1. The predicted octanol–water partition coefficient (Wildman–Crippen LogP) is 4.21. The average molecular weight is 686 g/mol. The molecule has 1 fully saturated rings. The molecule has 2 atom stereocenters. The molecule has 15 heteroatoms. The van der Waals surface area contributed by atoms with Crippen LogP contribution in [0.5, 0.6) is 0 Å². The number of nitrogens with zero attached hydrogens (tertiary/aromatic N) is 5. The molecule has 2 aromatic carbocycles. The highest BCUT2D eigenvalue weighted by atomic mass is 32.2. The molecule has 238 valence electrons. The number of nitrogens with one attached hydrogen (secondary N) is 1. The number of esters is 1. The standard InChI is InChI=1S/C32H27N7O5S3/c1-43-37-23(27-36-32(33)47-38-27)28(40)35-24-29(41)39-25(22(18-46-30(24)39)45-16-14-19-9-8-15-34-17-19)31(42)44-26(20-10-4-2-5-11-20)21-12-6-3-7-13-21/h2-17,24,26,30H,18H2,1H3,(H,35,40)(H2,33,36,38)/b16-14-,37-23?/t24?,30-/m1/s1. The van der Waals surface area contributed by atoms with Gasteiger partial charge in [0.1, 0.15) is 24.2 Å². The van der Waals surface area contributed by atoms with Crippen molar-refractivity contribution >= 4 is 69.8 Å². The summed E-state index contributed by atoms with van der Waals surface area (Å²) >= 11 is 3.63. The summed E-state index contributed by atoms with van der Waals surface area (Å²) in [6, 6.07) is 21.6. The molecule has 1 saturated heterocycles. The summed E-state index contributed by atoms with van der Waals surface area (Å²) in [5, 5.41) is 7.87. The first-order valence-electron chi connectivity index (χ1n) is 14.2. The maximum atomic E-state index is 14.2. The Bertz CT molecular complexity index is 1810. The first-order valence-corrected chi connectivity index (χ1v) is 16.9. The summed E-state index contributed by atoms with van der Waals surface area (Å²) in [6.07, 6.45) is 4.56. The lowest BCUT2D eigenvalue weighted by atomic mass is 10.0. The van der Waals surface area contributed by atoms with E-state index in [9.17, 15) is 14.4 Å². The number of ether oxygens (including phenoxy) is 1. The number of aromatic nitrogens is 3. The predicted molar refractivity (Wildman–Crippen MR) is 182 cm³/mol. The fourth-order valence-corrected chi connectivity index (χ4v) is 7.69. The Hall–Kier alpha value is -4.99. The summed E-state index contributed by atoms with van der Waals surface area (Å²) in [7, 11) is 1.28. The molecular weight excluding hydrogens is 659 g/mol. The van der Waals surface area contributed by atoms with Gasteiger partial charge in [-0.05, 0) is 34.2 Å². The highest BCUT2D eigenvalue weighted by molar-refractivity contribution is 8.08. The highest BCUT2D eigenvalue weighted by Crippen LogP contribution is 2.45. The summed E-state index contributed by atoms with van der Waals surface area (Å²) in [5.41, 5.74) is 8.03. The molecule has 12 nitrogen and oxygen atoms in total. The van der Waals surface area contributed by atoms with Gasteiger partial charge in [-0.3, -0.25) is 19.5 Å². The number of nitrogen functional groups attached to an aromatic ring is 1. The van der Waals surface area contributed by atoms with Crippen LogP contribution < -0.4 is 11.1 Å². The number of oxime groups is 1. The zero-order chi connectivity index (χ0) is 32.8. The zero-order valence-electron chi connectivity index (χ0n) is 24.8. The number of hydrogen-bond donors (Lipinski definition) is 2. The van der Waals surface area contributed by atoms with Gasteiger partial charge in [0.2, 0.25) is 11.5 Å². The summed E-state index contributed by atoms with van der Waals surface area (Å²) in [5.74, 6) is -1.49. The fourth-order valence-electron chi connectivity index (χ4n) is 4.90. The van der Waals surface area contributed by atoms with Gasteiger partial charge in [0.15, 0.2) is 11.2 Å². The van der Waals surface area contributed by atoms with E-state index < -0.39 is 35.3 Å². The number of thioether (sulfide) groups is 2. The van der Waals surface area contributed by atoms with E-state index in [4.69, 9.17) is 15.3 Å². The molecule has 2 amide bonds. The van der Waals surface area contributed by atoms with Gasteiger partial charge >= 0.3 is 5.97 Å². The lowest BCUT2D eigenvalue weighted by Crippen LogP contribution is -2.71. The monoisotopic (exact) mass is 685 g/mol. The van der Waals surface area contributed by atoms with Crippen molar-refractivity contribution in [3.63, 3.8) is 0 Å². The van der Waals surface area contributed by atoms with Gasteiger partial charge in [-0.25, -0.2) is 4.79 Å². The Kier molecular flexibility index (Phi) is 9.94. The molecule has 2 aliphatic heterocycles. The van der Waals surface area contributed by atoms with Crippen molar-refractivity contribution in [1.29, 1.82) is 0 Å². The lowest BCUT2D eigenvalue weighted by Gasteiger charge is -2.49. The number of fused-ring (bicyclic) bond motifs is 1. The Balaban J connectivity index is 1.29. The van der Waals surface area contributed by atoms with Crippen LogP contribution in [0.3, 0.4) is 0 Å². The van der Waals surface area contributed by atoms with E-state index in [2.05, 4.69) is 24.8 Å². The van der Waals surface area contributed by atoms with Gasteiger partial charge in [-0.2, -0.15) is 9.36 Å². The smallest absolute Gasteiger partial charge is 0.356 e. The van der Waals surface area contributed by atoms with Crippen molar-refractivity contribution in [2.24, 2.45) is 5.16 Å². The maximum Gasteiger partial charge on any atom is 0.356 e. The molecule has 2 aliphatic rings. The van der Waals surface area contributed by atoms with E-state index in [0.717, 1.165) is 28.2 Å². The van der Waals surface area contributed by atoms with Crippen LogP contribution in [-0.4, -0.2) is 67.0 Å². The van der Waals surface area contributed by atoms with Gasteiger partial charge in [0.25, 0.3) is 11.8 Å². The minimum absolute atomic E-state index is 0.0251. The van der Waals surface area contributed by atoms with Crippen LogP contribution in [0.15, 0.2) is 106 Å². The minimum atomic E-state index is -0.954. The number of carbonyl (C=O) groups is 3. The van der Waals surface area contributed by atoms with Crippen LogP contribution in [-0.2, 0) is 24.0 Å². The zero-order valence-corrected chi connectivity index (χ0v) is 27.2. The molecule has 0 bridgehead atoms. The number of amides is 2. The maximum absolute atomic E-state index is 14.2. The second-order valence-electron chi connectivity index (χ2n) is 10.0. The topological polar surface area (TPSA) is 162 Å². The van der Waals surface area contributed by atoms with Crippen molar-refractivity contribution in [1.82, 2.24) is 24.6 Å². The second-order valence-corrected chi connectivity index (χ2v) is 12.9. The average Bonchev–Trinajstić information content (AvgIpc) is 3.54. The molecule has 0 saturated carbocycles. The number of pyridine rings is 1. The molecule has 0 aliphatic carbocycles. The number of anilines is 1. The Morgan fingerprint density at radius 3 is 2.45 bits per heavy atom. The Labute approximate surface area is 282 Å². The Morgan fingerprint density at radius 2 is 1.83 bits per heavy atom. The largest absolute Gasteiger partial charge is 0.448 e. The van der Waals surface area contributed by atoms with E-state index in [1.165, 1.54) is 35.5 Å². The van der Waals surface area contributed by atoms with E-state index >= 15 is 0 Å². The number of β-lactam (4-membered cyclic amide) rings is 1. The summed E-state index contributed by atoms with van der Waals surface area (Å²) in [6.45, 7) is 0. The third-order valence-electron chi connectivity index (χ3n) is 7.05. The first kappa shape index (κ1) is 32.0. The van der Waals surface area contributed by atoms with Crippen molar-refractivity contribution in [2.45, 2.75) is 17.5 Å². The minimum Gasteiger partial charge on any atom is -0.448 e. The van der Waals surface area contributed by atoms with Crippen molar-refractivity contribution < 1.29 is 24.0 Å². The van der Waals surface area contributed by atoms with Crippen molar-refractivity contribution in [2.75, 3.05) is 18.6 Å². The fraction of sp³-hybridized carbons (Fsp3) is 0.156. The van der Waals surface area contributed by atoms with Gasteiger partial charge < -0.3 is 20.6 Å². The number of rotatable bonds is 11. The molecule has 0 radical (unpaired) electrons. The van der Waals surface area contributed by atoms with Crippen LogP contribution in [0.2, 0.25) is 0 Å². The Morgan fingerprint density at radius 1 is 1.11 bits per heavy atom. The van der Waals surface area contributed by atoms with Crippen LogP contribution >= 0.6 is 35.1 Å². The summed E-state index contributed by atoms with van der Waals surface area (Å²) < 4.78 is 10.2. The van der Waals surface area contributed by atoms with Crippen LogP contribution in [0.25, 0.3) is 6.08 Å². The van der Waals surface area contributed by atoms with E-state index in [0.29, 0.717) is 10.7 Å². The van der Waals surface area contributed by atoms with Crippen LogP contribution in [0.1, 0.15) is 28.6 Å². The normalized spacial score (nSPS) is 17.8. The molecule has 2 aromatic heterocycles. The van der Waals surface area contributed by atoms with Crippen LogP contribution in [0, 0.1) is 0 Å². The molecule has 1 unspecified atom stereocenters. The molecular formula is C32H27N7O5S3. The third-order valence-corrected chi connectivity index (χ3v) is 9.95. The van der Waals surface area contributed by atoms with Gasteiger partial charge in [0.05, 0.1) is 0 Å². The molecule has 47 heavy (non-hydrogen) atoms. The SMILES string of the molecule is CON=C(C(=O)NC1C(=O)N2C(C(=O)OC(c3ccccc3)c3ccccc3)=C(S/C=C\c3cccnc3)CS[C@H]12)c1nsc(N)n1. The molecule has 4 aromatic rings. The van der Waals surface area contributed by atoms with E-state index in [1.807, 2.05) is 84.3 Å². The van der Waals surface area contributed by atoms with E-state index in [1.54, 1.807) is 12.4 Å². The van der Waals surface area contributed by atoms with Gasteiger partial charge in [-0.15, -0.1) is 11.8 Å². The van der Waals surface area contributed by atoms with Crippen molar-refractivity contribution in [3.8, 4) is 0 Å². The first-order chi connectivity index (χ1) is 22.9. The third kappa shape index (κ3) is 7.06. The van der Waals surface area contributed by atoms with E-state index in [-0.39, 0.29) is 22.4 Å². The number of carbonyl (C=O) groups excluding carboxylic acids is 3. The molecule has 3 N–H and O–H groups in total. The molecule has 6 rings (SSSR count). The molecule has 4 heterocycles. The quantitative estimate of drug-likeness (QED) is 0.101. The summed E-state index contributed by atoms with van der Waals surface area (Å²) in [4.78, 5) is 56.1. The molecule has 0 spiro atoms. The second kappa shape index (κ2) is 14.6. The van der Waals surface area contributed by atoms with Gasteiger partial charge in [-0.1, -0.05) is 83.6 Å². The number of benzene rings is 2. The lowest BCUT2D eigenvalue weighted by molar-refractivity contribution is -0.154. The van der Waals surface area contributed by atoms with Gasteiger partial charge in [0, 0.05) is 34.6 Å². The van der Waals surface area contributed by atoms with Crippen LogP contribution in [0.4, 0.5) is 5.13 Å². The number of hydrogen-bond acceptors (Lipinski definition) is 13.